The lowest BCUT2D eigenvalue weighted by Gasteiger charge is -2.64. The van der Waals surface area contributed by atoms with Crippen LogP contribution in [0, 0.1) is 29.1 Å². The Morgan fingerprint density at radius 1 is 1.07 bits per heavy atom. The summed E-state index contributed by atoms with van der Waals surface area (Å²) in [4.78, 5) is 77.7. The fourth-order valence-corrected chi connectivity index (χ4v) is 8.28. The lowest BCUT2D eigenvalue weighted by molar-refractivity contribution is -0.199. The first-order valence-corrected chi connectivity index (χ1v) is 16.1. The van der Waals surface area contributed by atoms with E-state index in [2.05, 4.69) is 45.3 Å². The zero-order chi connectivity index (χ0) is 32.6. The van der Waals surface area contributed by atoms with Gasteiger partial charge in [0.05, 0.1) is 28.8 Å². The van der Waals surface area contributed by atoms with Gasteiger partial charge >= 0.3 is 7.12 Å². The monoisotopic (exact) mass is 619 g/mol. The zero-order valence-corrected chi connectivity index (χ0v) is 26.8. The third kappa shape index (κ3) is 5.23. The van der Waals surface area contributed by atoms with Crippen molar-refractivity contribution in [2.45, 2.75) is 104 Å². The highest BCUT2D eigenvalue weighted by Crippen LogP contribution is 2.65. The molecule has 240 valence electrons. The van der Waals surface area contributed by atoms with Crippen molar-refractivity contribution in [3.63, 3.8) is 0 Å². The van der Waals surface area contributed by atoms with Gasteiger partial charge in [-0.15, -0.1) is 0 Å². The van der Waals surface area contributed by atoms with E-state index >= 15 is 0 Å². The Hall–Kier alpha value is -3.38. The molecule has 5 amide bonds. The van der Waals surface area contributed by atoms with Gasteiger partial charge in [0, 0.05) is 24.3 Å². The van der Waals surface area contributed by atoms with Gasteiger partial charge in [0.2, 0.25) is 17.7 Å². The third-order valence-electron chi connectivity index (χ3n) is 11.1. The standard InChI is InChI=1S/C33H42BN3O8/c1-16(2)11-26(34-44-25-15-19-14-24(32(19,4)5)33(25,6)45-34)35-28(40)17(3)12-23(38)18-7-8-20-21(13-18)31(43)37(30(20)42)22-9-10-27(39)36-29(22)41/h7-8,13,16-17,19,22,24-26H,9-12,14-15H2,1-6H3,(H,35,40)(H,36,39,41)/t17-,19+,22?,24+,25-,26+,33+/m1/s1. The average Bonchev–Trinajstić information content (AvgIpc) is 3.45. The maximum absolute atomic E-state index is 13.4. The molecule has 2 N–H and O–H groups in total. The molecule has 11 nitrogen and oxygen atoms in total. The lowest BCUT2D eigenvalue weighted by atomic mass is 9.43. The predicted molar refractivity (Wildman–Crippen MR) is 163 cm³/mol. The Kier molecular flexibility index (Phi) is 7.83. The van der Waals surface area contributed by atoms with E-state index in [1.807, 2.05) is 0 Å². The second-order valence-corrected chi connectivity index (χ2v) is 14.8. The minimum Gasteiger partial charge on any atom is -0.404 e. The summed E-state index contributed by atoms with van der Waals surface area (Å²) in [6, 6.07) is 3.12. The summed E-state index contributed by atoms with van der Waals surface area (Å²) in [5.41, 5.74) is 0.115. The Labute approximate surface area is 263 Å². The minimum atomic E-state index is -1.09. The molecular weight excluding hydrogens is 577 g/mol. The van der Waals surface area contributed by atoms with E-state index in [0.29, 0.717) is 18.3 Å². The largest absolute Gasteiger partial charge is 0.481 e. The SMILES string of the molecule is CC(C)C[C@H](NC(=O)[C@H](C)CC(=O)c1ccc2c(c1)C(=O)N(C1CCC(=O)NC1=O)C2=O)B1O[C@@H]2C[C@@H]3C[C@@H](C3(C)C)[C@]2(C)O1. The Morgan fingerprint density at radius 2 is 1.78 bits per heavy atom. The van der Waals surface area contributed by atoms with Crippen LogP contribution >= 0.6 is 0 Å². The molecule has 7 rings (SSSR count). The van der Waals surface area contributed by atoms with Gasteiger partial charge in [-0.05, 0) is 67.9 Å². The van der Waals surface area contributed by atoms with E-state index < -0.39 is 48.3 Å². The van der Waals surface area contributed by atoms with Crippen LogP contribution < -0.4 is 10.6 Å². The van der Waals surface area contributed by atoms with Gasteiger partial charge in [-0.2, -0.15) is 0 Å². The van der Waals surface area contributed by atoms with Gasteiger partial charge in [0.15, 0.2) is 5.78 Å². The Balaban J connectivity index is 1.11. The van der Waals surface area contributed by atoms with Crippen molar-refractivity contribution < 1.29 is 38.1 Å². The van der Waals surface area contributed by atoms with Crippen molar-refractivity contribution in [1.29, 1.82) is 0 Å². The van der Waals surface area contributed by atoms with Gasteiger partial charge in [0.1, 0.15) is 6.04 Å². The number of fused-ring (bicyclic) bond motifs is 1. The fourth-order valence-electron chi connectivity index (χ4n) is 8.28. The number of imide groups is 2. The number of Topliss-reactive ketones (excluding diaryl/α,β-unsaturated/α-hetero) is 1. The minimum absolute atomic E-state index is 0.00912. The van der Waals surface area contributed by atoms with Crippen LogP contribution in [-0.2, 0) is 23.7 Å². The van der Waals surface area contributed by atoms with Crippen LogP contribution in [0.4, 0.5) is 0 Å². The first-order valence-electron chi connectivity index (χ1n) is 16.1. The maximum atomic E-state index is 13.4. The number of benzene rings is 1. The second kappa shape index (κ2) is 11.2. The predicted octanol–water partition coefficient (Wildman–Crippen LogP) is 3.10. The molecule has 5 fully saturated rings. The summed E-state index contributed by atoms with van der Waals surface area (Å²) in [6.07, 6.45) is 2.68. The van der Waals surface area contributed by atoms with E-state index in [1.165, 1.54) is 18.2 Å². The van der Waals surface area contributed by atoms with Crippen LogP contribution in [0.1, 0.15) is 111 Å². The highest BCUT2D eigenvalue weighted by molar-refractivity contribution is 6.48. The average molecular weight is 620 g/mol. The molecule has 1 unspecified atom stereocenters. The smallest absolute Gasteiger partial charge is 0.404 e. The fraction of sp³-hybridized carbons (Fsp3) is 0.636. The van der Waals surface area contributed by atoms with E-state index in [-0.39, 0.29) is 71.0 Å². The molecule has 0 spiro atoms. The quantitative estimate of drug-likeness (QED) is 0.244. The van der Waals surface area contributed by atoms with Crippen LogP contribution in [0.2, 0.25) is 0 Å². The molecule has 7 atom stereocenters. The normalized spacial score (nSPS) is 31.3. The summed E-state index contributed by atoms with van der Waals surface area (Å²) in [5, 5.41) is 5.29. The maximum Gasteiger partial charge on any atom is 0.481 e. The van der Waals surface area contributed by atoms with Gasteiger partial charge in [-0.25, -0.2) is 0 Å². The second-order valence-electron chi connectivity index (χ2n) is 14.8. The zero-order valence-electron chi connectivity index (χ0n) is 26.8. The van der Waals surface area contributed by atoms with E-state index in [0.717, 1.165) is 17.7 Å². The highest BCUT2D eigenvalue weighted by atomic mass is 16.7. The van der Waals surface area contributed by atoms with Crippen LogP contribution in [0.15, 0.2) is 18.2 Å². The van der Waals surface area contributed by atoms with Crippen molar-refractivity contribution in [1.82, 2.24) is 15.5 Å². The van der Waals surface area contributed by atoms with Gasteiger partial charge in [0.25, 0.3) is 11.8 Å². The van der Waals surface area contributed by atoms with Crippen LogP contribution in [0.25, 0.3) is 0 Å². The molecule has 2 saturated heterocycles. The number of nitrogens with one attached hydrogen (secondary N) is 2. The number of piperidine rings is 1. The molecular formula is C33H42BN3O8. The molecule has 3 aliphatic heterocycles. The molecule has 2 bridgehead atoms. The first-order chi connectivity index (χ1) is 21.1. The lowest BCUT2D eigenvalue weighted by Crippen LogP contribution is -2.65. The number of rotatable bonds is 9. The molecule has 45 heavy (non-hydrogen) atoms. The highest BCUT2D eigenvalue weighted by Gasteiger charge is 2.68. The van der Waals surface area contributed by atoms with E-state index in [9.17, 15) is 28.8 Å². The molecule has 1 aromatic carbocycles. The van der Waals surface area contributed by atoms with E-state index in [4.69, 9.17) is 9.31 Å². The van der Waals surface area contributed by atoms with Crippen molar-refractivity contribution in [2.75, 3.05) is 0 Å². The molecule has 6 aliphatic rings. The van der Waals surface area contributed by atoms with Gasteiger partial charge in [-0.3, -0.25) is 39.0 Å². The van der Waals surface area contributed by atoms with Crippen molar-refractivity contribution in [2.24, 2.45) is 29.1 Å². The number of ketones is 1. The number of carbonyl (C=O) groups excluding carboxylic acids is 6. The number of nitrogens with zero attached hydrogens (tertiary/aromatic N) is 1. The number of amides is 5. The van der Waals surface area contributed by atoms with E-state index in [1.54, 1.807) is 6.92 Å². The van der Waals surface area contributed by atoms with Crippen LogP contribution in [0.3, 0.4) is 0 Å². The summed E-state index contributed by atoms with van der Waals surface area (Å²) < 4.78 is 13.1. The molecule has 3 saturated carbocycles. The Morgan fingerprint density at radius 3 is 2.44 bits per heavy atom. The molecule has 3 heterocycles. The van der Waals surface area contributed by atoms with Crippen molar-refractivity contribution in [3.05, 3.63) is 34.9 Å². The Bertz CT molecular complexity index is 1490. The molecule has 3 aliphatic carbocycles. The summed E-state index contributed by atoms with van der Waals surface area (Å²) >= 11 is 0. The van der Waals surface area contributed by atoms with Crippen molar-refractivity contribution >= 4 is 42.4 Å². The first kappa shape index (κ1) is 31.6. The van der Waals surface area contributed by atoms with Gasteiger partial charge in [-0.1, -0.05) is 40.7 Å². The summed E-state index contributed by atoms with van der Waals surface area (Å²) in [7, 11) is -0.572. The third-order valence-corrected chi connectivity index (χ3v) is 11.1. The summed E-state index contributed by atoms with van der Waals surface area (Å²) in [5.74, 6) is -2.89. The molecule has 12 heteroatoms. The topological polar surface area (TPSA) is 148 Å². The number of hydrogen-bond donors (Lipinski definition) is 2. The summed E-state index contributed by atoms with van der Waals surface area (Å²) in [6.45, 7) is 12.6. The van der Waals surface area contributed by atoms with Gasteiger partial charge < -0.3 is 14.6 Å². The number of carbonyl (C=O) groups is 6. The molecule has 0 radical (unpaired) electrons. The van der Waals surface area contributed by atoms with Crippen LogP contribution in [-0.4, -0.2) is 71.0 Å². The van der Waals surface area contributed by atoms with Crippen molar-refractivity contribution in [3.8, 4) is 0 Å². The van der Waals surface area contributed by atoms with Crippen LogP contribution in [0.5, 0.6) is 0 Å². The molecule has 1 aromatic rings. The molecule has 0 aromatic heterocycles. The number of hydrogen-bond acceptors (Lipinski definition) is 8.